The number of hydrogen-bond acceptors (Lipinski definition) is 1. The zero-order valence-electron chi connectivity index (χ0n) is 20.0. The van der Waals surface area contributed by atoms with Gasteiger partial charge in [-0.05, 0) is 58.0 Å². The van der Waals surface area contributed by atoms with E-state index in [1.54, 1.807) is 0 Å². The van der Waals surface area contributed by atoms with Crippen LogP contribution >= 0.6 is 0 Å². The highest BCUT2D eigenvalue weighted by molar-refractivity contribution is 6.18. The number of fused-ring (bicyclic) bond motifs is 5. The van der Waals surface area contributed by atoms with Gasteiger partial charge in [0.15, 0.2) is 0 Å². The number of rotatable bonds is 12. The van der Waals surface area contributed by atoms with Crippen molar-refractivity contribution in [3.63, 3.8) is 0 Å². The molecule has 4 aromatic rings. The Balaban J connectivity index is 1.35. The van der Waals surface area contributed by atoms with Crippen LogP contribution in [0.5, 0.6) is 5.75 Å². The predicted molar refractivity (Wildman–Crippen MR) is 141 cm³/mol. The topological polar surface area (TPSA) is 9.23 Å². The Bertz CT molecular complexity index is 1160. The minimum atomic E-state index is 0.810. The molecule has 0 N–H and O–H groups in total. The van der Waals surface area contributed by atoms with Crippen molar-refractivity contribution in [3.8, 4) is 5.75 Å². The predicted octanol–water partition coefficient (Wildman–Crippen LogP) is 9.75. The number of hydrogen-bond donors (Lipinski definition) is 0. The monoisotopic (exact) mass is 426 g/mol. The third-order valence-electron chi connectivity index (χ3n) is 6.85. The Hall–Kier alpha value is -2.54. The van der Waals surface area contributed by atoms with Crippen LogP contribution in [-0.2, 0) is 0 Å². The first-order valence-electron chi connectivity index (χ1n) is 12.8. The molecule has 0 fully saturated rings. The molecule has 4 aromatic carbocycles. The molecule has 0 bridgehead atoms. The number of unbranched alkanes of at least 4 members (excludes halogenated alkanes) is 9. The van der Waals surface area contributed by atoms with Gasteiger partial charge in [0.2, 0.25) is 0 Å². The van der Waals surface area contributed by atoms with Crippen LogP contribution in [0.3, 0.4) is 0 Å². The largest absolute Gasteiger partial charge is 0.493 e. The lowest BCUT2D eigenvalue weighted by Gasteiger charge is -2.13. The molecular formula is C31H38O. The van der Waals surface area contributed by atoms with Crippen molar-refractivity contribution in [2.45, 2.75) is 78.1 Å². The minimum absolute atomic E-state index is 0.810. The second kappa shape index (κ2) is 11.4. The Morgan fingerprint density at radius 3 is 1.69 bits per heavy atom. The van der Waals surface area contributed by atoms with Crippen molar-refractivity contribution in [3.05, 3.63) is 66.2 Å². The molecule has 0 aliphatic carbocycles. The number of aryl methyl sites for hydroxylation is 1. The zero-order valence-corrected chi connectivity index (χ0v) is 20.0. The van der Waals surface area contributed by atoms with Crippen LogP contribution in [0.25, 0.3) is 32.3 Å². The Morgan fingerprint density at radius 1 is 0.500 bits per heavy atom. The van der Waals surface area contributed by atoms with Crippen molar-refractivity contribution in [2.24, 2.45) is 0 Å². The summed E-state index contributed by atoms with van der Waals surface area (Å²) in [6.45, 7) is 5.28. The summed E-state index contributed by atoms with van der Waals surface area (Å²) in [5.74, 6) is 1.02. The highest BCUT2D eigenvalue weighted by Gasteiger charge is 2.09. The van der Waals surface area contributed by atoms with Gasteiger partial charge in [-0.1, -0.05) is 113 Å². The second-order valence-corrected chi connectivity index (χ2v) is 9.28. The summed E-state index contributed by atoms with van der Waals surface area (Å²) in [6, 6.07) is 22.1. The maximum absolute atomic E-state index is 6.25. The first-order chi connectivity index (χ1) is 15.8. The molecule has 0 saturated carbocycles. The van der Waals surface area contributed by atoms with Gasteiger partial charge < -0.3 is 4.74 Å². The van der Waals surface area contributed by atoms with E-state index >= 15 is 0 Å². The molecule has 0 unspecified atom stereocenters. The highest BCUT2D eigenvalue weighted by Crippen LogP contribution is 2.35. The van der Waals surface area contributed by atoms with Gasteiger partial charge in [-0.25, -0.2) is 0 Å². The van der Waals surface area contributed by atoms with E-state index in [1.165, 1.54) is 95.7 Å². The number of benzene rings is 4. The Morgan fingerprint density at radius 2 is 1.00 bits per heavy atom. The molecule has 0 radical (unpaired) electrons. The summed E-state index contributed by atoms with van der Waals surface area (Å²) in [6.07, 6.45) is 13.5. The molecule has 0 aliphatic heterocycles. The normalized spacial score (nSPS) is 11.6. The van der Waals surface area contributed by atoms with Crippen LogP contribution in [0.15, 0.2) is 60.7 Å². The van der Waals surface area contributed by atoms with Crippen molar-refractivity contribution >= 4 is 32.3 Å². The lowest BCUT2D eigenvalue weighted by molar-refractivity contribution is 0.307. The SMILES string of the molecule is CCCCCCCCCCCCOc1cccc2c1ccc1c3cccc(C)c3ccc21. The van der Waals surface area contributed by atoms with E-state index in [1.807, 2.05) is 0 Å². The molecule has 0 atom stereocenters. The maximum atomic E-state index is 6.25. The van der Waals surface area contributed by atoms with E-state index in [4.69, 9.17) is 4.74 Å². The standard InChI is InChI=1S/C31H38O/c1-3-4-5-6-7-8-9-10-11-12-23-32-31-18-14-17-27-29-20-19-25-24(2)15-13-16-26(25)28(29)21-22-30(27)31/h13-22H,3-12,23H2,1-2H3. The molecule has 168 valence electrons. The Kier molecular flexibility index (Phi) is 8.04. The van der Waals surface area contributed by atoms with Crippen molar-refractivity contribution in [2.75, 3.05) is 6.61 Å². The van der Waals surface area contributed by atoms with Crippen molar-refractivity contribution in [1.29, 1.82) is 0 Å². The van der Waals surface area contributed by atoms with E-state index in [0.29, 0.717) is 0 Å². The van der Waals surface area contributed by atoms with Crippen LogP contribution in [0, 0.1) is 6.92 Å². The van der Waals surface area contributed by atoms with Gasteiger partial charge in [-0.2, -0.15) is 0 Å². The first-order valence-corrected chi connectivity index (χ1v) is 12.8. The summed E-state index contributed by atoms with van der Waals surface area (Å²) < 4.78 is 6.25. The summed E-state index contributed by atoms with van der Waals surface area (Å²) >= 11 is 0. The molecule has 0 aliphatic rings. The molecule has 1 heteroatoms. The van der Waals surface area contributed by atoms with Crippen LogP contribution < -0.4 is 4.74 Å². The van der Waals surface area contributed by atoms with Gasteiger partial charge in [-0.15, -0.1) is 0 Å². The van der Waals surface area contributed by atoms with Crippen LogP contribution in [0.2, 0.25) is 0 Å². The highest BCUT2D eigenvalue weighted by atomic mass is 16.5. The zero-order chi connectivity index (χ0) is 22.2. The number of ether oxygens (including phenoxy) is 1. The third-order valence-corrected chi connectivity index (χ3v) is 6.85. The molecule has 0 aromatic heterocycles. The van der Waals surface area contributed by atoms with Crippen LogP contribution in [-0.4, -0.2) is 6.61 Å². The Labute approximate surface area is 193 Å². The molecule has 1 nitrogen and oxygen atoms in total. The summed E-state index contributed by atoms with van der Waals surface area (Å²) in [5.41, 5.74) is 1.33. The average Bonchev–Trinajstić information content (AvgIpc) is 2.82. The molecule has 4 rings (SSSR count). The summed E-state index contributed by atoms with van der Waals surface area (Å²) in [7, 11) is 0. The fraction of sp³-hybridized carbons (Fsp3) is 0.419. The first kappa shape index (κ1) is 22.6. The average molecular weight is 427 g/mol. The van der Waals surface area contributed by atoms with Gasteiger partial charge in [-0.3, -0.25) is 0 Å². The lowest BCUT2D eigenvalue weighted by atomic mass is 9.95. The van der Waals surface area contributed by atoms with Crippen LogP contribution in [0.1, 0.15) is 76.7 Å². The smallest absolute Gasteiger partial charge is 0.127 e. The molecular weight excluding hydrogens is 388 g/mol. The second-order valence-electron chi connectivity index (χ2n) is 9.28. The lowest BCUT2D eigenvalue weighted by Crippen LogP contribution is -1.98. The summed E-state index contributed by atoms with van der Waals surface area (Å²) in [5, 5.41) is 7.81. The molecule has 0 heterocycles. The van der Waals surface area contributed by atoms with Crippen molar-refractivity contribution < 1.29 is 4.74 Å². The van der Waals surface area contributed by atoms with E-state index < -0.39 is 0 Å². The van der Waals surface area contributed by atoms with E-state index in [0.717, 1.165) is 18.8 Å². The van der Waals surface area contributed by atoms with Gasteiger partial charge >= 0.3 is 0 Å². The molecule has 0 saturated heterocycles. The van der Waals surface area contributed by atoms with Crippen LogP contribution in [0.4, 0.5) is 0 Å². The van der Waals surface area contributed by atoms with E-state index in [2.05, 4.69) is 74.5 Å². The minimum Gasteiger partial charge on any atom is -0.493 e. The third kappa shape index (κ3) is 5.26. The molecule has 0 spiro atoms. The molecule has 32 heavy (non-hydrogen) atoms. The molecule has 0 amide bonds. The van der Waals surface area contributed by atoms with Gasteiger partial charge in [0.1, 0.15) is 5.75 Å². The van der Waals surface area contributed by atoms with E-state index in [9.17, 15) is 0 Å². The van der Waals surface area contributed by atoms with Gasteiger partial charge in [0.05, 0.1) is 6.61 Å². The maximum Gasteiger partial charge on any atom is 0.127 e. The fourth-order valence-corrected chi connectivity index (χ4v) is 4.97. The van der Waals surface area contributed by atoms with E-state index in [-0.39, 0.29) is 0 Å². The van der Waals surface area contributed by atoms with Gasteiger partial charge in [0.25, 0.3) is 0 Å². The van der Waals surface area contributed by atoms with Crippen molar-refractivity contribution in [1.82, 2.24) is 0 Å². The quantitative estimate of drug-likeness (QED) is 0.162. The van der Waals surface area contributed by atoms with Gasteiger partial charge in [0, 0.05) is 5.39 Å². The summed E-state index contributed by atoms with van der Waals surface area (Å²) in [4.78, 5) is 0. The fourth-order valence-electron chi connectivity index (χ4n) is 4.97.